The molecule has 0 saturated heterocycles. The van der Waals surface area contributed by atoms with Gasteiger partial charge in [-0.05, 0) is 56.7 Å². The molecule has 3 rings (SSSR count). The lowest BCUT2D eigenvalue weighted by Crippen LogP contribution is -2.50. The highest BCUT2D eigenvalue weighted by molar-refractivity contribution is 7.92. The maximum atomic E-state index is 13.4. The molecule has 2 N–H and O–H groups in total. The predicted molar refractivity (Wildman–Crippen MR) is 120 cm³/mol. The van der Waals surface area contributed by atoms with Crippen LogP contribution in [-0.4, -0.2) is 36.1 Å². The van der Waals surface area contributed by atoms with Crippen molar-refractivity contribution in [3.8, 4) is 0 Å². The average Bonchev–Trinajstić information content (AvgIpc) is 2.74. The largest absolute Gasteiger partial charge is 0.382 e. The highest BCUT2D eigenvalue weighted by Crippen LogP contribution is 2.46. The fourth-order valence-corrected chi connectivity index (χ4v) is 6.81. The van der Waals surface area contributed by atoms with E-state index in [4.69, 9.17) is 11.6 Å². The summed E-state index contributed by atoms with van der Waals surface area (Å²) in [5, 5.41) is 11.5. The molecule has 1 aliphatic rings. The molecular weight excluding hydrogens is 495 g/mol. The van der Waals surface area contributed by atoms with Gasteiger partial charge in [0.05, 0.1) is 15.2 Å². The number of anilines is 1. The number of nitrogens with one attached hydrogen (secondary N) is 1. The lowest BCUT2D eigenvalue weighted by molar-refractivity contribution is -0.136. The van der Waals surface area contributed by atoms with Crippen molar-refractivity contribution in [1.29, 1.82) is 0 Å². The molecule has 0 heterocycles. The maximum absolute atomic E-state index is 13.4. The minimum atomic E-state index is -4.06. The van der Waals surface area contributed by atoms with Crippen LogP contribution in [0, 0.1) is 29.3 Å². The zero-order valence-electron chi connectivity index (χ0n) is 18.5. The van der Waals surface area contributed by atoms with E-state index in [1.807, 2.05) is 6.92 Å². The number of hydrogen-bond acceptors (Lipinski definition) is 5. The summed E-state index contributed by atoms with van der Waals surface area (Å²) in [6.45, 7) is 4.38. The number of carbonyl (C=O) groups is 2. The van der Waals surface area contributed by atoms with E-state index in [9.17, 15) is 36.3 Å². The van der Waals surface area contributed by atoms with Crippen LogP contribution in [0.5, 0.6) is 0 Å². The molecule has 1 fully saturated rings. The standard InChI is InChI=1S/C23H23ClF3NO5S/c1-11-6-19(15(11)10-23(3,31)12(2)29)34(32,33)20-7-13(4-5-16(20)24)22(30)28-14-8-17(25)21(27)18(26)9-14/h4-5,7-9,11,15,19,31H,6,10H2,1-3H3,(H,28,30)/t11-,15?,19+,23+/m1/s1. The quantitative estimate of drug-likeness (QED) is 0.525. The first-order valence-electron chi connectivity index (χ1n) is 10.4. The molecule has 0 radical (unpaired) electrons. The summed E-state index contributed by atoms with van der Waals surface area (Å²) >= 11 is 6.14. The van der Waals surface area contributed by atoms with Crippen molar-refractivity contribution >= 4 is 38.8 Å². The van der Waals surface area contributed by atoms with Crippen molar-refractivity contribution in [1.82, 2.24) is 0 Å². The third kappa shape index (κ3) is 4.99. The van der Waals surface area contributed by atoms with Crippen molar-refractivity contribution in [3.63, 3.8) is 0 Å². The van der Waals surface area contributed by atoms with Crippen molar-refractivity contribution in [3.05, 3.63) is 58.4 Å². The number of amides is 1. The van der Waals surface area contributed by atoms with Gasteiger partial charge in [0.15, 0.2) is 33.1 Å². The number of aliphatic hydroxyl groups is 1. The van der Waals surface area contributed by atoms with Gasteiger partial charge < -0.3 is 10.4 Å². The Hall–Kier alpha value is -2.43. The smallest absolute Gasteiger partial charge is 0.255 e. The number of carbonyl (C=O) groups excluding carboxylic acids is 2. The topological polar surface area (TPSA) is 101 Å². The zero-order chi connectivity index (χ0) is 25.6. The highest BCUT2D eigenvalue weighted by Gasteiger charge is 2.50. The minimum absolute atomic E-state index is 0.0487. The van der Waals surface area contributed by atoms with Crippen molar-refractivity contribution in [2.24, 2.45) is 11.8 Å². The summed E-state index contributed by atoms with van der Waals surface area (Å²) in [5.74, 6) is -6.64. The molecule has 2 aromatic rings. The molecule has 4 atom stereocenters. The average molecular weight is 518 g/mol. The second-order valence-electron chi connectivity index (χ2n) is 8.85. The van der Waals surface area contributed by atoms with Crippen molar-refractivity contribution < 1.29 is 36.3 Å². The van der Waals surface area contributed by atoms with Gasteiger partial charge in [-0.15, -0.1) is 0 Å². The molecule has 2 aromatic carbocycles. The Morgan fingerprint density at radius 3 is 2.29 bits per heavy atom. The Morgan fingerprint density at radius 1 is 1.18 bits per heavy atom. The molecule has 1 unspecified atom stereocenters. The van der Waals surface area contributed by atoms with Crippen LogP contribution in [0.3, 0.4) is 0 Å². The van der Waals surface area contributed by atoms with Gasteiger partial charge in [-0.2, -0.15) is 0 Å². The van der Waals surface area contributed by atoms with Crippen LogP contribution in [-0.2, 0) is 14.6 Å². The Kier molecular flexibility index (Phi) is 7.17. The fraction of sp³-hybridized carbons (Fsp3) is 0.391. The van der Waals surface area contributed by atoms with E-state index in [0.717, 1.165) is 6.07 Å². The molecule has 1 amide bonds. The Morgan fingerprint density at radius 2 is 1.76 bits per heavy atom. The van der Waals surface area contributed by atoms with Crippen LogP contribution in [0.4, 0.5) is 18.9 Å². The molecule has 1 saturated carbocycles. The summed E-state index contributed by atoms with van der Waals surface area (Å²) in [6.07, 6.45) is 0.231. The number of ketones is 1. The molecule has 0 spiro atoms. The van der Waals surface area contributed by atoms with Crippen LogP contribution in [0.2, 0.25) is 5.02 Å². The van der Waals surface area contributed by atoms with Crippen LogP contribution in [0.25, 0.3) is 0 Å². The normalized spacial score (nSPS) is 21.9. The Bertz CT molecular complexity index is 1240. The number of benzene rings is 2. The molecule has 184 valence electrons. The number of rotatable bonds is 7. The second kappa shape index (κ2) is 9.31. The van der Waals surface area contributed by atoms with Crippen LogP contribution >= 0.6 is 11.6 Å². The molecule has 0 bridgehead atoms. The van der Waals surface area contributed by atoms with E-state index in [-0.39, 0.29) is 39.9 Å². The second-order valence-corrected chi connectivity index (χ2v) is 11.4. The monoisotopic (exact) mass is 517 g/mol. The van der Waals surface area contributed by atoms with Gasteiger partial charge in [0.2, 0.25) is 0 Å². The summed E-state index contributed by atoms with van der Waals surface area (Å²) in [4.78, 5) is 24.0. The van der Waals surface area contributed by atoms with E-state index in [0.29, 0.717) is 12.1 Å². The number of hydrogen-bond donors (Lipinski definition) is 2. The molecule has 6 nitrogen and oxygen atoms in total. The van der Waals surface area contributed by atoms with Gasteiger partial charge >= 0.3 is 0 Å². The van der Waals surface area contributed by atoms with E-state index in [1.165, 1.54) is 26.0 Å². The van der Waals surface area contributed by atoms with Gasteiger partial charge in [0.25, 0.3) is 5.91 Å². The van der Waals surface area contributed by atoms with Crippen molar-refractivity contribution in [2.75, 3.05) is 5.32 Å². The van der Waals surface area contributed by atoms with Crippen molar-refractivity contribution in [2.45, 2.75) is 49.4 Å². The van der Waals surface area contributed by atoms with E-state index in [2.05, 4.69) is 5.32 Å². The molecule has 1 aliphatic carbocycles. The molecule has 34 heavy (non-hydrogen) atoms. The van der Waals surface area contributed by atoms with Gasteiger partial charge in [0.1, 0.15) is 5.60 Å². The summed E-state index contributed by atoms with van der Waals surface area (Å²) in [7, 11) is -4.06. The van der Waals surface area contributed by atoms with E-state index >= 15 is 0 Å². The van der Waals surface area contributed by atoms with Crippen LogP contribution < -0.4 is 5.32 Å². The number of halogens is 4. The number of sulfone groups is 1. The van der Waals surface area contributed by atoms with E-state index in [1.54, 1.807) is 0 Å². The van der Waals surface area contributed by atoms with E-state index < -0.39 is 55.7 Å². The molecule has 11 heteroatoms. The van der Waals surface area contributed by atoms with Gasteiger partial charge in [-0.3, -0.25) is 9.59 Å². The summed E-state index contributed by atoms with van der Waals surface area (Å²) in [6, 6.07) is 4.66. The third-order valence-corrected chi connectivity index (χ3v) is 9.08. The van der Waals surface area contributed by atoms with Gasteiger partial charge in [-0.1, -0.05) is 18.5 Å². The first-order chi connectivity index (χ1) is 15.6. The van der Waals surface area contributed by atoms with Crippen LogP contribution in [0.1, 0.15) is 44.0 Å². The first kappa shape index (κ1) is 26.2. The molecular formula is C23H23ClF3NO5S. The highest BCUT2D eigenvalue weighted by atomic mass is 35.5. The SMILES string of the molecule is CC(=O)[C@@](C)(O)CC1[C@H](C)C[C@@H]1S(=O)(=O)c1cc(C(=O)Nc2cc(F)c(F)c(F)c2)ccc1Cl. The summed E-state index contributed by atoms with van der Waals surface area (Å²) < 4.78 is 66.8. The first-order valence-corrected chi connectivity index (χ1v) is 12.3. The molecule has 0 aliphatic heterocycles. The summed E-state index contributed by atoms with van der Waals surface area (Å²) in [5.41, 5.74) is -2.20. The lowest BCUT2D eigenvalue weighted by atomic mass is 9.69. The van der Waals surface area contributed by atoms with Crippen LogP contribution in [0.15, 0.2) is 35.2 Å². The fourth-order valence-electron chi connectivity index (χ4n) is 4.04. The number of Topliss-reactive ketones (excluding diaryl/α,β-unsaturated/α-hetero) is 1. The Balaban J connectivity index is 1.89. The third-order valence-electron chi connectivity index (χ3n) is 6.34. The van der Waals surface area contributed by atoms with Gasteiger partial charge in [-0.25, -0.2) is 21.6 Å². The van der Waals surface area contributed by atoms with Gasteiger partial charge in [0, 0.05) is 23.4 Å². The minimum Gasteiger partial charge on any atom is -0.382 e. The molecule has 0 aromatic heterocycles. The zero-order valence-corrected chi connectivity index (χ0v) is 20.1. The Labute approximate surface area is 200 Å². The maximum Gasteiger partial charge on any atom is 0.255 e. The lowest BCUT2D eigenvalue weighted by Gasteiger charge is -2.45. The predicted octanol–water partition coefficient (Wildman–Crippen LogP) is 4.54.